The molecule has 0 unspecified atom stereocenters. The highest BCUT2D eigenvalue weighted by Gasteiger charge is 1.99. The Kier molecular flexibility index (Phi) is 3.94. The van der Waals surface area contributed by atoms with Crippen molar-refractivity contribution in [3.63, 3.8) is 0 Å². The van der Waals surface area contributed by atoms with Gasteiger partial charge < -0.3 is 4.74 Å². The lowest BCUT2D eigenvalue weighted by atomic mass is 10.2. The van der Waals surface area contributed by atoms with Crippen LogP contribution in [0.15, 0.2) is 18.2 Å². The van der Waals surface area contributed by atoms with E-state index in [1.807, 2.05) is 28.7 Å². The Balaban J connectivity index is 2.69. The highest BCUT2D eigenvalue weighted by molar-refractivity contribution is 14.1. The van der Waals surface area contributed by atoms with Gasteiger partial charge in [0.25, 0.3) is 0 Å². The predicted octanol–water partition coefficient (Wildman–Crippen LogP) is 2.62. The minimum Gasteiger partial charge on any atom is -0.384 e. The van der Waals surface area contributed by atoms with Gasteiger partial charge in [0.05, 0.1) is 6.61 Å². The summed E-state index contributed by atoms with van der Waals surface area (Å²) in [5.41, 5.74) is 0.981. The molecule has 66 valence electrons. The molecule has 0 amide bonds. The standard InChI is InChI=1S/C9H10FIO/c1-12-5-4-7-2-3-9(11)8(10)6-7/h2-3,6H,4-5H2,1H3. The topological polar surface area (TPSA) is 9.23 Å². The summed E-state index contributed by atoms with van der Waals surface area (Å²) >= 11 is 1.97. The molecule has 0 aliphatic carbocycles. The van der Waals surface area contributed by atoms with E-state index < -0.39 is 0 Å². The number of methoxy groups -OCH3 is 1. The highest BCUT2D eigenvalue weighted by atomic mass is 127. The Morgan fingerprint density at radius 2 is 2.25 bits per heavy atom. The maximum atomic E-state index is 13.0. The predicted molar refractivity (Wildman–Crippen MR) is 54.7 cm³/mol. The molecule has 1 aromatic rings. The van der Waals surface area contributed by atoms with Crippen molar-refractivity contribution in [2.75, 3.05) is 13.7 Å². The van der Waals surface area contributed by atoms with E-state index in [-0.39, 0.29) is 5.82 Å². The SMILES string of the molecule is COCCc1ccc(I)c(F)c1. The fourth-order valence-electron chi connectivity index (χ4n) is 0.915. The number of benzene rings is 1. The van der Waals surface area contributed by atoms with Crippen molar-refractivity contribution in [2.24, 2.45) is 0 Å². The molecule has 0 heterocycles. The van der Waals surface area contributed by atoms with Crippen LogP contribution in [0.1, 0.15) is 5.56 Å². The van der Waals surface area contributed by atoms with E-state index in [1.165, 1.54) is 0 Å². The zero-order valence-corrected chi connectivity index (χ0v) is 8.97. The fourth-order valence-corrected chi connectivity index (χ4v) is 1.25. The first-order valence-corrected chi connectivity index (χ1v) is 4.75. The van der Waals surface area contributed by atoms with Crippen LogP contribution in [0.2, 0.25) is 0 Å². The van der Waals surface area contributed by atoms with Crippen molar-refractivity contribution in [1.82, 2.24) is 0 Å². The van der Waals surface area contributed by atoms with Gasteiger partial charge in [-0.1, -0.05) is 6.07 Å². The fraction of sp³-hybridized carbons (Fsp3) is 0.333. The van der Waals surface area contributed by atoms with Crippen LogP contribution in [0.4, 0.5) is 4.39 Å². The summed E-state index contributed by atoms with van der Waals surface area (Å²) in [4.78, 5) is 0. The maximum absolute atomic E-state index is 13.0. The third-order valence-electron chi connectivity index (χ3n) is 1.58. The molecule has 0 radical (unpaired) electrons. The minimum absolute atomic E-state index is 0.149. The van der Waals surface area contributed by atoms with E-state index in [4.69, 9.17) is 4.74 Å². The summed E-state index contributed by atoms with van der Waals surface area (Å²) in [6, 6.07) is 5.26. The van der Waals surface area contributed by atoms with E-state index in [1.54, 1.807) is 19.2 Å². The molecule has 1 aromatic carbocycles. The Labute approximate surface area is 85.1 Å². The molecule has 0 N–H and O–H groups in total. The summed E-state index contributed by atoms with van der Waals surface area (Å²) in [5, 5.41) is 0. The van der Waals surface area contributed by atoms with E-state index in [0.717, 1.165) is 12.0 Å². The minimum atomic E-state index is -0.149. The maximum Gasteiger partial charge on any atom is 0.136 e. The monoisotopic (exact) mass is 280 g/mol. The summed E-state index contributed by atoms with van der Waals surface area (Å²) in [6.07, 6.45) is 0.768. The van der Waals surface area contributed by atoms with Crippen LogP contribution in [-0.2, 0) is 11.2 Å². The van der Waals surface area contributed by atoms with Gasteiger partial charge in [-0.15, -0.1) is 0 Å². The van der Waals surface area contributed by atoms with Crippen molar-refractivity contribution in [3.05, 3.63) is 33.1 Å². The van der Waals surface area contributed by atoms with Crippen molar-refractivity contribution in [3.8, 4) is 0 Å². The number of hydrogen-bond donors (Lipinski definition) is 0. The van der Waals surface area contributed by atoms with Gasteiger partial charge in [0, 0.05) is 10.7 Å². The lowest BCUT2D eigenvalue weighted by Gasteiger charge is -2.01. The Bertz CT molecular complexity index is 263. The van der Waals surface area contributed by atoms with Crippen molar-refractivity contribution >= 4 is 22.6 Å². The third kappa shape index (κ3) is 2.71. The second-order valence-corrected chi connectivity index (χ2v) is 3.65. The average Bonchev–Trinajstić information content (AvgIpc) is 2.07. The first-order chi connectivity index (χ1) is 5.74. The molecule has 0 aliphatic rings. The van der Waals surface area contributed by atoms with Crippen LogP contribution in [0.3, 0.4) is 0 Å². The normalized spacial score (nSPS) is 10.2. The molecule has 0 fully saturated rings. The Hall–Kier alpha value is -0.160. The molecule has 0 aliphatic heterocycles. The van der Waals surface area contributed by atoms with Crippen molar-refractivity contribution in [2.45, 2.75) is 6.42 Å². The molecular formula is C9H10FIO. The van der Waals surface area contributed by atoms with Gasteiger partial charge >= 0.3 is 0 Å². The highest BCUT2D eigenvalue weighted by Crippen LogP contribution is 2.12. The number of hydrogen-bond acceptors (Lipinski definition) is 1. The van der Waals surface area contributed by atoms with Gasteiger partial charge in [0.2, 0.25) is 0 Å². The van der Waals surface area contributed by atoms with E-state index in [2.05, 4.69) is 0 Å². The molecule has 1 rings (SSSR count). The van der Waals surface area contributed by atoms with Gasteiger partial charge in [-0.3, -0.25) is 0 Å². The summed E-state index contributed by atoms with van der Waals surface area (Å²) < 4.78 is 18.5. The molecule has 0 aromatic heterocycles. The molecule has 0 spiro atoms. The third-order valence-corrected chi connectivity index (χ3v) is 2.45. The van der Waals surface area contributed by atoms with Gasteiger partial charge in [0.15, 0.2) is 0 Å². The summed E-state index contributed by atoms with van der Waals surface area (Å²) in [7, 11) is 1.64. The molecule has 0 saturated heterocycles. The number of ether oxygens (including phenoxy) is 1. The smallest absolute Gasteiger partial charge is 0.136 e. The molecule has 0 atom stereocenters. The lowest BCUT2D eigenvalue weighted by molar-refractivity contribution is 0.202. The van der Waals surface area contributed by atoms with E-state index in [9.17, 15) is 4.39 Å². The number of rotatable bonds is 3. The Morgan fingerprint density at radius 3 is 2.83 bits per heavy atom. The summed E-state index contributed by atoms with van der Waals surface area (Å²) in [5.74, 6) is -0.149. The number of halogens is 2. The van der Waals surface area contributed by atoms with Crippen LogP contribution in [0.25, 0.3) is 0 Å². The van der Waals surface area contributed by atoms with Gasteiger partial charge in [-0.25, -0.2) is 4.39 Å². The molecule has 0 bridgehead atoms. The molecule has 3 heteroatoms. The molecular weight excluding hydrogens is 270 g/mol. The van der Waals surface area contributed by atoms with Crippen LogP contribution in [-0.4, -0.2) is 13.7 Å². The quantitative estimate of drug-likeness (QED) is 0.773. The van der Waals surface area contributed by atoms with Crippen molar-refractivity contribution < 1.29 is 9.13 Å². The first kappa shape index (κ1) is 9.92. The average molecular weight is 280 g/mol. The van der Waals surface area contributed by atoms with E-state index >= 15 is 0 Å². The molecule has 12 heavy (non-hydrogen) atoms. The van der Waals surface area contributed by atoms with Crippen LogP contribution < -0.4 is 0 Å². The molecule has 0 saturated carbocycles. The van der Waals surface area contributed by atoms with E-state index in [0.29, 0.717) is 10.2 Å². The first-order valence-electron chi connectivity index (χ1n) is 3.67. The largest absolute Gasteiger partial charge is 0.384 e. The zero-order chi connectivity index (χ0) is 8.97. The Morgan fingerprint density at radius 1 is 1.50 bits per heavy atom. The van der Waals surface area contributed by atoms with Gasteiger partial charge in [0.1, 0.15) is 5.82 Å². The zero-order valence-electron chi connectivity index (χ0n) is 6.81. The van der Waals surface area contributed by atoms with Gasteiger partial charge in [-0.2, -0.15) is 0 Å². The second-order valence-electron chi connectivity index (χ2n) is 2.49. The lowest BCUT2D eigenvalue weighted by Crippen LogP contribution is -1.95. The van der Waals surface area contributed by atoms with Crippen molar-refractivity contribution in [1.29, 1.82) is 0 Å². The van der Waals surface area contributed by atoms with Crippen LogP contribution >= 0.6 is 22.6 Å². The van der Waals surface area contributed by atoms with Crippen LogP contribution in [0, 0.1) is 9.39 Å². The molecule has 1 nitrogen and oxygen atoms in total. The van der Waals surface area contributed by atoms with Crippen LogP contribution in [0.5, 0.6) is 0 Å². The second kappa shape index (κ2) is 4.77. The van der Waals surface area contributed by atoms with Gasteiger partial charge in [-0.05, 0) is 46.7 Å². The summed E-state index contributed by atoms with van der Waals surface area (Å²) in [6.45, 7) is 0.639.